The number of nitrogens with two attached hydrogens (primary N) is 1. The van der Waals surface area contributed by atoms with Crippen molar-refractivity contribution in [3.63, 3.8) is 0 Å². The maximum Gasteiger partial charge on any atom is 0.165 e. The van der Waals surface area contributed by atoms with Crippen molar-refractivity contribution in [2.75, 3.05) is 5.73 Å². The van der Waals surface area contributed by atoms with Crippen LogP contribution in [0.15, 0.2) is 79.0 Å². The number of benzene rings is 2. The molecule has 0 saturated heterocycles. The summed E-state index contributed by atoms with van der Waals surface area (Å²) in [7, 11) is 0. The molecule has 0 fully saturated rings. The van der Waals surface area contributed by atoms with Gasteiger partial charge in [-0.1, -0.05) is 48.9 Å². The second-order valence-electron chi connectivity index (χ2n) is 7.25. The van der Waals surface area contributed by atoms with Gasteiger partial charge in [0.05, 0.1) is 11.3 Å². The third kappa shape index (κ3) is 3.43. The summed E-state index contributed by atoms with van der Waals surface area (Å²) in [6.07, 6.45) is 2.65. The highest BCUT2D eigenvalue weighted by Crippen LogP contribution is 2.33. The van der Waals surface area contributed by atoms with Gasteiger partial charge in [0.1, 0.15) is 11.3 Å². The molecule has 0 bridgehead atoms. The predicted molar refractivity (Wildman–Crippen MR) is 126 cm³/mol. The zero-order valence-corrected chi connectivity index (χ0v) is 17.7. The number of rotatable bonds is 4. The first-order chi connectivity index (χ1) is 15.2. The van der Waals surface area contributed by atoms with E-state index in [-0.39, 0.29) is 0 Å². The fraction of sp³-hybridized carbons (Fsp3) is 0.0800. The van der Waals surface area contributed by atoms with Crippen molar-refractivity contribution in [3.8, 4) is 28.3 Å². The van der Waals surface area contributed by atoms with E-state index in [9.17, 15) is 0 Å². The summed E-state index contributed by atoms with van der Waals surface area (Å²) in [6, 6.07) is 23.8. The van der Waals surface area contributed by atoms with Gasteiger partial charge in [-0.25, -0.2) is 15.0 Å². The molecule has 0 atom stereocenters. The van der Waals surface area contributed by atoms with E-state index >= 15 is 0 Å². The average Bonchev–Trinajstić information content (AvgIpc) is 3.18. The molecule has 3 aromatic heterocycles. The van der Waals surface area contributed by atoms with Crippen LogP contribution in [0.1, 0.15) is 12.5 Å². The summed E-state index contributed by atoms with van der Waals surface area (Å²) in [5, 5.41) is 0.657. The first-order valence-electron chi connectivity index (χ1n) is 10.1. The number of nitrogen functional groups attached to an aromatic ring is 1. The minimum absolute atomic E-state index is 0.426. The highest BCUT2D eigenvalue weighted by atomic mass is 35.5. The third-order valence-electron chi connectivity index (χ3n) is 5.34. The monoisotopic (exact) mass is 425 g/mol. The van der Waals surface area contributed by atoms with Crippen molar-refractivity contribution in [1.82, 2.24) is 19.5 Å². The zero-order chi connectivity index (χ0) is 21.4. The molecule has 5 aromatic rings. The molecule has 0 unspecified atom stereocenters. The van der Waals surface area contributed by atoms with Crippen molar-refractivity contribution in [2.24, 2.45) is 0 Å². The molecule has 0 radical (unpaired) electrons. The summed E-state index contributed by atoms with van der Waals surface area (Å²) >= 11 is 6.43. The average molecular weight is 426 g/mol. The minimum atomic E-state index is 0.426. The maximum atomic E-state index is 6.43. The Balaban J connectivity index is 1.80. The molecule has 0 spiro atoms. The molecule has 31 heavy (non-hydrogen) atoms. The molecule has 0 saturated carbocycles. The summed E-state index contributed by atoms with van der Waals surface area (Å²) in [5.41, 5.74) is 12.4. The first-order valence-corrected chi connectivity index (χ1v) is 10.5. The predicted octanol–water partition coefficient (Wildman–Crippen LogP) is 5.95. The second kappa shape index (κ2) is 7.85. The van der Waals surface area contributed by atoms with Crippen LogP contribution >= 0.6 is 11.6 Å². The molecular weight excluding hydrogens is 406 g/mol. The van der Waals surface area contributed by atoms with E-state index in [1.54, 1.807) is 6.20 Å². The van der Waals surface area contributed by atoms with Crippen molar-refractivity contribution in [2.45, 2.75) is 13.3 Å². The lowest BCUT2D eigenvalue weighted by Gasteiger charge is -2.11. The number of fused-ring (bicyclic) bond motifs is 1. The molecule has 0 amide bonds. The zero-order valence-electron chi connectivity index (χ0n) is 17.0. The van der Waals surface area contributed by atoms with Gasteiger partial charge in [-0.2, -0.15) is 0 Å². The molecule has 0 aliphatic heterocycles. The first kappa shape index (κ1) is 19.3. The van der Waals surface area contributed by atoms with Crippen LogP contribution in [0.4, 0.5) is 5.82 Å². The normalized spacial score (nSPS) is 11.2. The van der Waals surface area contributed by atoms with Crippen LogP contribution in [0.5, 0.6) is 0 Å². The number of hydrogen-bond acceptors (Lipinski definition) is 4. The summed E-state index contributed by atoms with van der Waals surface area (Å²) in [6.45, 7) is 2.14. The van der Waals surface area contributed by atoms with Crippen LogP contribution < -0.4 is 5.73 Å². The molecule has 6 heteroatoms. The topological polar surface area (TPSA) is 69.6 Å². The molecule has 2 aromatic carbocycles. The van der Waals surface area contributed by atoms with E-state index in [4.69, 9.17) is 27.3 Å². The summed E-state index contributed by atoms with van der Waals surface area (Å²) in [5.74, 6) is 1.13. The molecule has 2 N–H and O–H groups in total. The number of hydrogen-bond donors (Lipinski definition) is 1. The second-order valence-corrected chi connectivity index (χ2v) is 7.65. The number of halogens is 1. The lowest BCUT2D eigenvalue weighted by molar-refractivity contribution is 1.06. The van der Waals surface area contributed by atoms with E-state index in [1.165, 1.54) is 5.56 Å². The van der Waals surface area contributed by atoms with Crippen molar-refractivity contribution in [1.29, 1.82) is 0 Å². The molecule has 3 heterocycles. The van der Waals surface area contributed by atoms with Gasteiger partial charge in [-0.15, -0.1) is 0 Å². The largest absolute Gasteiger partial charge is 0.383 e. The standard InChI is InChI=1S/C25H20ClN5/c1-2-16-9-11-17(12-10-16)31-24(19-7-5-15-28-23(19)27)30-22-14-13-21(29-25(22)31)18-6-3-4-8-20(18)26/h3-15H,2H2,1H3,(H2,27,28). The van der Waals surface area contributed by atoms with Gasteiger partial charge in [-0.3, -0.25) is 4.57 Å². The number of nitrogens with zero attached hydrogens (tertiary/aromatic N) is 4. The van der Waals surface area contributed by atoms with Crippen LogP contribution in [0.25, 0.3) is 39.5 Å². The van der Waals surface area contributed by atoms with Crippen LogP contribution in [0, 0.1) is 0 Å². The highest BCUT2D eigenvalue weighted by molar-refractivity contribution is 6.33. The van der Waals surface area contributed by atoms with Gasteiger partial charge in [0.15, 0.2) is 11.5 Å². The third-order valence-corrected chi connectivity index (χ3v) is 5.67. The Morgan fingerprint density at radius 2 is 1.65 bits per heavy atom. The Labute approximate surface area is 185 Å². The van der Waals surface area contributed by atoms with Crippen LogP contribution in [0.2, 0.25) is 5.02 Å². The minimum Gasteiger partial charge on any atom is -0.383 e. The lowest BCUT2D eigenvalue weighted by atomic mass is 10.1. The molecule has 0 aliphatic carbocycles. The number of imidazole rings is 1. The Bertz CT molecular complexity index is 1390. The van der Waals surface area contributed by atoms with E-state index in [0.717, 1.165) is 40.1 Å². The molecule has 5 rings (SSSR count). The molecular formula is C25H20ClN5. The number of aryl methyl sites for hydroxylation is 1. The van der Waals surface area contributed by atoms with Gasteiger partial charge >= 0.3 is 0 Å². The molecule has 0 aliphatic rings. The van der Waals surface area contributed by atoms with Gasteiger partial charge in [0.2, 0.25) is 0 Å². The Morgan fingerprint density at radius 1 is 0.871 bits per heavy atom. The maximum absolute atomic E-state index is 6.43. The van der Waals surface area contributed by atoms with Gasteiger partial charge in [0, 0.05) is 22.5 Å². The smallest absolute Gasteiger partial charge is 0.165 e. The summed E-state index contributed by atoms with van der Waals surface area (Å²) in [4.78, 5) is 14.1. The molecule has 5 nitrogen and oxygen atoms in total. The van der Waals surface area contributed by atoms with Crippen LogP contribution in [-0.4, -0.2) is 19.5 Å². The van der Waals surface area contributed by atoms with Gasteiger partial charge in [0.25, 0.3) is 0 Å². The number of aromatic nitrogens is 4. The van der Waals surface area contributed by atoms with E-state index in [2.05, 4.69) is 36.2 Å². The van der Waals surface area contributed by atoms with E-state index in [1.807, 2.05) is 53.1 Å². The molecule has 152 valence electrons. The lowest BCUT2D eigenvalue weighted by Crippen LogP contribution is -2.02. The fourth-order valence-corrected chi connectivity index (χ4v) is 3.92. The van der Waals surface area contributed by atoms with Crippen LogP contribution in [0.3, 0.4) is 0 Å². The van der Waals surface area contributed by atoms with Crippen molar-refractivity contribution in [3.05, 3.63) is 89.6 Å². The fourth-order valence-electron chi connectivity index (χ4n) is 3.69. The Morgan fingerprint density at radius 3 is 2.39 bits per heavy atom. The number of anilines is 1. The number of pyridine rings is 2. The van der Waals surface area contributed by atoms with Gasteiger partial charge < -0.3 is 5.73 Å². The van der Waals surface area contributed by atoms with E-state index < -0.39 is 0 Å². The van der Waals surface area contributed by atoms with Crippen molar-refractivity contribution >= 4 is 28.6 Å². The van der Waals surface area contributed by atoms with Crippen molar-refractivity contribution < 1.29 is 0 Å². The Hall–Kier alpha value is -3.70. The SMILES string of the molecule is CCc1ccc(-n2c(-c3cccnc3N)nc3ccc(-c4ccccc4Cl)nc32)cc1. The highest BCUT2D eigenvalue weighted by Gasteiger charge is 2.19. The van der Waals surface area contributed by atoms with E-state index in [0.29, 0.717) is 16.7 Å². The summed E-state index contributed by atoms with van der Waals surface area (Å²) < 4.78 is 2.03. The Kier molecular flexibility index (Phi) is 4.88. The quantitative estimate of drug-likeness (QED) is 0.386. The van der Waals surface area contributed by atoms with Gasteiger partial charge in [-0.05, 0) is 54.4 Å². The van der Waals surface area contributed by atoms with Crippen LogP contribution in [-0.2, 0) is 6.42 Å².